The maximum atomic E-state index is 9.07. The van der Waals surface area contributed by atoms with Gasteiger partial charge in [-0.25, -0.2) is 0 Å². The molecule has 0 aromatic carbocycles. The van der Waals surface area contributed by atoms with E-state index in [0.29, 0.717) is 6.04 Å². The van der Waals surface area contributed by atoms with Crippen LogP contribution in [0.25, 0.3) is 0 Å². The summed E-state index contributed by atoms with van der Waals surface area (Å²) in [6.07, 6.45) is 1.62. The van der Waals surface area contributed by atoms with Crippen LogP contribution in [0.15, 0.2) is 12.2 Å². The van der Waals surface area contributed by atoms with Crippen LogP contribution in [0.5, 0.6) is 0 Å². The molecule has 0 radical (unpaired) electrons. The normalized spacial score (nSPS) is 15.7. The van der Waals surface area contributed by atoms with Gasteiger partial charge >= 0.3 is 0 Å². The van der Waals surface area contributed by atoms with Crippen molar-refractivity contribution in [2.24, 2.45) is 0 Å². The third kappa shape index (κ3) is 7.76. The molecular weight excluding hydrogens is 150 g/mol. The van der Waals surface area contributed by atoms with Gasteiger partial charge in [-0.15, -0.1) is 6.58 Å². The molecule has 0 aromatic heterocycles. The maximum absolute atomic E-state index is 9.07. The minimum absolute atomic E-state index is 0.211. The van der Waals surface area contributed by atoms with Gasteiger partial charge in [-0.1, -0.05) is 5.57 Å². The van der Waals surface area contributed by atoms with Crippen molar-refractivity contribution in [3.8, 4) is 0 Å². The van der Waals surface area contributed by atoms with E-state index >= 15 is 0 Å². The SMILES string of the molecule is C=C(C)CCNC(C)CC(C)O. The second-order valence-electron chi connectivity index (χ2n) is 3.65. The molecule has 0 aromatic rings. The molecule has 0 fully saturated rings. The first-order chi connectivity index (χ1) is 5.52. The van der Waals surface area contributed by atoms with E-state index in [4.69, 9.17) is 5.11 Å². The van der Waals surface area contributed by atoms with Crippen molar-refractivity contribution in [2.75, 3.05) is 6.54 Å². The van der Waals surface area contributed by atoms with Crippen molar-refractivity contribution in [3.05, 3.63) is 12.2 Å². The molecule has 2 unspecified atom stereocenters. The fourth-order valence-corrected chi connectivity index (χ4v) is 1.13. The molecule has 2 nitrogen and oxygen atoms in total. The van der Waals surface area contributed by atoms with Gasteiger partial charge in [0.25, 0.3) is 0 Å². The lowest BCUT2D eigenvalue weighted by molar-refractivity contribution is 0.171. The van der Waals surface area contributed by atoms with E-state index in [1.165, 1.54) is 5.57 Å². The lowest BCUT2D eigenvalue weighted by Gasteiger charge is -2.14. The van der Waals surface area contributed by atoms with Crippen molar-refractivity contribution in [1.82, 2.24) is 5.32 Å². The first-order valence-corrected chi connectivity index (χ1v) is 4.58. The highest BCUT2D eigenvalue weighted by Crippen LogP contribution is 1.98. The van der Waals surface area contributed by atoms with Crippen molar-refractivity contribution >= 4 is 0 Å². The number of aliphatic hydroxyl groups is 1. The topological polar surface area (TPSA) is 32.3 Å². The summed E-state index contributed by atoms with van der Waals surface area (Å²) in [5, 5.41) is 12.4. The molecule has 2 heteroatoms. The van der Waals surface area contributed by atoms with E-state index in [1.54, 1.807) is 0 Å². The van der Waals surface area contributed by atoms with Crippen LogP contribution in [0.2, 0.25) is 0 Å². The average Bonchev–Trinajstić information content (AvgIpc) is 1.84. The Balaban J connectivity index is 3.31. The van der Waals surface area contributed by atoms with E-state index in [0.717, 1.165) is 19.4 Å². The highest BCUT2D eigenvalue weighted by molar-refractivity contribution is 4.88. The Bertz CT molecular complexity index is 132. The van der Waals surface area contributed by atoms with Gasteiger partial charge < -0.3 is 10.4 Å². The molecule has 0 aliphatic rings. The Kier molecular flexibility index (Phi) is 6.03. The third-order valence-corrected chi connectivity index (χ3v) is 1.74. The van der Waals surface area contributed by atoms with Gasteiger partial charge in [0.05, 0.1) is 6.10 Å². The highest BCUT2D eigenvalue weighted by Gasteiger charge is 2.03. The Morgan fingerprint density at radius 1 is 1.50 bits per heavy atom. The molecule has 2 N–H and O–H groups in total. The molecule has 0 saturated heterocycles. The minimum atomic E-state index is -0.211. The molecule has 12 heavy (non-hydrogen) atoms. The van der Waals surface area contributed by atoms with Gasteiger partial charge in [0.2, 0.25) is 0 Å². The van der Waals surface area contributed by atoms with Crippen LogP contribution in [0, 0.1) is 0 Å². The quantitative estimate of drug-likeness (QED) is 0.596. The lowest BCUT2D eigenvalue weighted by Crippen LogP contribution is -2.30. The molecule has 0 saturated carbocycles. The Labute approximate surface area is 75.7 Å². The van der Waals surface area contributed by atoms with Crippen LogP contribution in [-0.4, -0.2) is 23.8 Å². The lowest BCUT2D eigenvalue weighted by atomic mass is 10.1. The summed E-state index contributed by atoms with van der Waals surface area (Å²) in [7, 11) is 0. The molecule has 0 heterocycles. The zero-order chi connectivity index (χ0) is 9.56. The number of nitrogens with one attached hydrogen (secondary N) is 1. The molecule has 72 valence electrons. The second-order valence-corrected chi connectivity index (χ2v) is 3.65. The van der Waals surface area contributed by atoms with E-state index in [9.17, 15) is 0 Å². The van der Waals surface area contributed by atoms with Crippen molar-refractivity contribution < 1.29 is 5.11 Å². The molecule has 0 aliphatic heterocycles. The summed E-state index contributed by atoms with van der Waals surface area (Å²) in [5.41, 5.74) is 1.20. The molecule has 0 spiro atoms. The van der Waals surface area contributed by atoms with Gasteiger partial charge in [-0.2, -0.15) is 0 Å². The van der Waals surface area contributed by atoms with Gasteiger partial charge in [0.1, 0.15) is 0 Å². The maximum Gasteiger partial charge on any atom is 0.0526 e. The molecule has 0 bridgehead atoms. The highest BCUT2D eigenvalue weighted by atomic mass is 16.3. The van der Waals surface area contributed by atoms with Crippen LogP contribution in [-0.2, 0) is 0 Å². The molecule has 0 aliphatic carbocycles. The number of hydrogen-bond acceptors (Lipinski definition) is 2. The van der Waals surface area contributed by atoms with Crippen molar-refractivity contribution in [2.45, 2.75) is 45.8 Å². The fourth-order valence-electron chi connectivity index (χ4n) is 1.13. The van der Waals surface area contributed by atoms with Crippen LogP contribution >= 0.6 is 0 Å². The Morgan fingerprint density at radius 3 is 2.50 bits per heavy atom. The Hall–Kier alpha value is -0.340. The summed E-state index contributed by atoms with van der Waals surface area (Å²) in [5.74, 6) is 0. The van der Waals surface area contributed by atoms with E-state index < -0.39 is 0 Å². The van der Waals surface area contributed by atoms with E-state index in [1.807, 2.05) is 13.8 Å². The predicted octanol–water partition coefficient (Wildman–Crippen LogP) is 1.70. The van der Waals surface area contributed by atoms with E-state index in [-0.39, 0.29) is 6.10 Å². The van der Waals surface area contributed by atoms with Crippen LogP contribution < -0.4 is 5.32 Å². The molecule has 0 rings (SSSR count). The van der Waals surface area contributed by atoms with E-state index in [2.05, 4.69) is 18.8 Å². The number of aliphatic hydroxyl groups excluding tert-OH is 1. The van der Waals surface area contributed by atoms with Crippen LogP contribution in [0.3, 0.4) is 0 Å². The third-order valence-electron chi connectivity index (χ3n) is 1.74. The smallest absolute Gasteiger partial charge is 0.0526 e. The minimum Gasteiger partial charge on any atom is -0.393 e. The zero-order valence-electron chi connectivity index (χ0n) is 8.43. The Morgan fingerprint density at radius 2 is 2.08 bits per heavy atom. The summed E-state index contributed by atoms with van der Waals surface area (Å²) in [6.45, 7) is 10.7. The summed E-state index contributed by atoms with van der Waals surface area (Å²) in [4.78, 5) is 0. The first-order valence-electron chi connectivity index (χ1n) is 4.58. The van der Waals surface area contributed by atoms with Gasteiger partial charge in [-0.05, 0) is 40.2 Å². The standard InChI is InChI=1S/C10H21NO/c1-8(2)5-6-11-9(3)7-10(4)12/h9-12H,1,5-7H2,2-4H3. The number of rotatable bonds is 6. The van der Waals surface area contributed by atoms with Gasteiger partial charge in [0.15, 0.2) is 0 Å². The predicted molar refractivity (Wildman–Crippen MR) is 53.2 cm³/mol. The molecular formula is C10H21NO. The monoisotopic (exact) mass is 171 g/mol. The van der Waals surface area contributed by atoms with Crippen LogP contribution in [0.1, 0.15) is 33.6 Å². The summed E-state index contributed by atoms with van der Waals surface area (Å²) in [6, 6.07) is 0.393. The number of hydrogen-bond donors (Lipinski definition) is 2. The van der Waals surface area contributed by atoms with Gasteiger partial charge in [-0.3, -0.25) is 0 Å². The average molecular weight is 171 g/mol. The summed E-state index contributed by atoms with van der Waals surface area (Å²) < 4.78 is 0. The van der Waals surface area contributed by atoms with Gasteiger partial charge in [0, 0.05) is 6.04 Å². The summed E-state index contributed by atoms with van der Waals surface area (Å²) >= 11 is 0. The van der Waals surface area contributed by atoms with Crippen molar-refractivity contribution in [3.63, 3.8) is 0 Å². The fraction of sp³-hybridized carbons (Fsp3) is 0.800. The molecule has 2 atom stereocenters. The largest absolute Gasteiger partial charge is 0.393 e. The van der Waals surface area contributed by atoms with Crippen LogP contribution in [0.4, 0.5) is 0 Å². The molecule has 0 amide bonds. The first kappa shape index (κ1) is 11.7. The van der Waals surface area contributed by atoms with Crippen molar-refractivity contribution in [1.29, 1.82) is 0 Å². The second kappa shape index (κ2) is 6.21. The zero-order valence-corrected chi connectivity index (χ0v) is 8.43.